The Morgan fingerprint density at radius 3 is 2.71 bits per heavy atom. The molecule has 0 aromatic rings. The fourth-order valence-corrected chi connectivity index (χ4v) is 3.08. The summed E-state index contributed by atoms with van der Waals surface area (Å²) in [5.74, 6) is 2.09. The summed E-state index contributed by atoms with van der Waals surface area (Å²) in [6, 6.07) is 0. The van der Waals surface area contributed by atoms with E-state index in [9.17, 15) is 4.21 Å². The van der Waals surface area contributed by atoms with Crippen molar-refractivity contribution in [3.05, 3.63) is 0 Å². The minimum atomic E-state index is -0.848. The molecule has 0 aromatic carbocycles. The number of rotatable bonds is 6. The maximum absolute atomic E-state index is 12.0. The molecule has 0 aromatic heterocycles. The first-order chi connectivity index (χ1) is 9.84. The first-order valence-corrected chi connectivity index (χ1v) is 9.12. The molecule has 1 aliphatic rings. The number of ether oxygens (including phenoxy) is 1. The average molecular weight is 317 g/mol. The van der Waals surface area contributed by atoms with Gasteiger partial charge < -0.3 is 15.0 Å². The van der Waals surface area contributed by atoms with Crippen molar-refractivity contribution in [3.8, 4) is 0 Å². The number of guanidine groups is 1. The van der Waals surface area contributed by atoms with E-state index in [0.717, 1.165) is 38.7 Å². The highest BCUT2D eigenvalue weighted by Crippen LogP contribution is 2.13. The summed E-state index contributed by atoms with van der Waals surface area (Å²) in [5.41, 5.74) is 0. The molecule has 2 atom stereocenters. The average Bonchev–Trinajstić information content (AvgIpc) is 2.89. The molecule has 1 rings (SSSR count). The molecule has 21 heavy (non-hydrogen) atoms. The molecular weight excluding hydrogens is 286 g/mol. The van der Waals surface area contributed by atoms with Gasteiger partial charge in [0.25, 0.3) is 0 Å². The first kappa shape index (κ1) is 18.4. The summed E-state index contributed by atoms with van der Waals surface area (Å²) in [5, 5.41) is 3.30. The molecule has 0 amide bonds. The summed E-state index contributed by atoms with van der Waals surface area (Å²) in [6.45, 7) is 12.2. The number of nitrogens with zero attached hydrogens (tertiary/aromatic N) is 2. The Kier molecular flexibility index (Phi) is 7.66. The van der Waals surface area contributed by atoms with Crippen LogP contribution in [0.25, 0.3) is 0 Å². The highest BCUT2D eigenvalue weighted by atomic mass is 32.2. The van der Waals surface area contributed by atoms with Crippen LogP contribution < -0.4 is 5.32 Å². The highest BCUT2D eigenvalue weighted by Gasteiger charge is 2.20. The molecule has 0 radical (unpaired) electrons. The molecule has 0 spiro atoms. The van der Waals surface area contributed by atoms with Crippen molar-refractivity contribution in [1.29, 1.82) is 0 Å². The number of aliphatic imine (C=N–C) groups is 1. The molecule has 0 bridgehead atoms. The molecule has 5 nitrogen and oxygen atoms in total. The lowest BCUT2D eigenvalue weighted by atomic mass is 10.1. The van der Waals surface area contributed by atoms with Gasteiger partial charge in [-0.05, 0) is 34.1 Å². The second kappa shape index (κ2) is 8.73. The molecular formula is C15H31N3O2S. The summed E-state index contributed by atoms with van der Waals surface area (Å²) < 4.78 is 17.3. The van der Waals surface area contributed by atoms with Gasteiger partial charge in [-0.25, -0.2) is 0 Å². The molecule has 6 heteroatoms. The molecule has 1 fully saturated rings. The third-order valence-corrected chi connectivity index (χ3v) is 5.39. The van der Waals surface area contributed by atoms with Gasteiger partial charge in [0.05, 0.1) is 13.2 Å². The van der Waals surface area contributed by atoms with Crippen molar-refractivity contribution in [3.63, 3.8) is 0 Å². The van der Waals surface area contributed by atoms with E-state index in [1.54, 1.807) is 0 Å². The Hall–Kier alpha value is -0.620. The van der Waals surface area contributed by atoms with Crippen molar-refractivity contribution in [1.82, 2.24) is 10.2 Å². The van der Waals surface area contributed by atoms with Crippen LogP contribution in [0.3, 0.4) is 0 Å². The zero-order valence-electron chi connectivity index (χ0n) is 14.1. The van der Waals surface area contributed by atoms with Gasteiger partial charge >= 0.3 is 0 Å². The Bertz CT molecular complexity index is 360. The summed E-state index contributed by atoms with van der Waals surface area (Å²) >= 11 is 0. The molecule has 0 saturated carbocycles. The largest absolute Gasteiger partial charge is 0.381 e. The molecule has 1 N–H and O–H groups in total. The van der Waals surface area contributed by atoms with E-state index < -0.39 is 10.8 Å². The topological polar surface area (TPSA) is 53.9 Å². The van der Waals surface area contributed by atoms with Gasteiger partial charge in [-0.3, -0.25) is 9.20 Å². The normalized spacial score (nSPS) is 21.4. The van der Waals surface area contributed by atoms with E-state index >= 15 is 0 Å². The van der Waals surface area contributed by atoms with E-state index in [2.05, 4.69) is 29.2 Å². The lowest BCUT2D eigenvalue weighted by molar-refractivity contribution is 0.181. The predicted molar refractivity (Wildman–Crippen MR) is 90.3 cm³/mol. The molecule has 1 aliphatic heterocycles. The van der Waals surface area contributed by atoms with Crippen LogP contribution in [0.5, 0.6) is 0 Å². The second-order valence-electron chi connectivity index (χ2n) is 6.51. The minimum Gasteiger partial charge on any atom is -0.381 e. The van der Waals surface area contributed by atoms with Crippen LogP contribution in [0.1, 0.15) is 34.1 Å². The van der Waals surface area contributed by atoms with Crippen molar-refractivity contribution in [2.45, 2.75) is 38.9 Å². The van der Waals surface area contributed by atoms with Gasteiger partial charge in [-0.1, -0.05) is 0 Å². The third-order valence-electron chi connectivity index (χ3n) is 3.47. The van der Waals surface area contributed by atoms with Gasteiger partial charge in [-0.2, -0.15) is 0 Å². The van der Waals surface area contributed by atoms with Crippen molar-refractivity contribution >= 4 is 16.8 Å². The smallest absolute Gasteiger partial charge is 0.193 e. The zero-order valence-corrected chi connectivity index (χ0v) is 15.0. The van der Waals surface area contributed by atoms with Crippen LogP contribution in [0.15, 0.2) is 4.99 Å². The Labute approximate surface area is 132 Å². The third kappa shape index (κ3) is 6.78. The lowest BCUT2D eigenvalue weighted by Gasteiger charge is -2.24. The maximum Gasteiger partial charge on any atom is 0.193 e. The quantitative estimate of drug-likeness (QED) is 0.595. The SMILES string of the molecule is CCNC(=NCCS(=O)C(C)(C)C)N(C)CC1CCOC1. The van der Waals surface area contributed by atoms with Gasteiger partial charge in [0.2, 0.25) is 0 Å². The fourth-order valence-electron chi connectivity index (χ4n) is 2.21. The van der Waals surface area contributed by atoms with E-state index in [-0.39, 0.29) is 4.75 Å². The van der Waals surface area contributed by atoms with Crippen LogP contribution in [0, 0.1) is 5.92 Å². The van der Waals surface area contributed by atoms with Crippen LogP contribution in [-0.2, 0) is 15.5 Å². The van der Waals surface area contributed by atoms with E-state index in [0.29, 0.717) is 18.2 Å². The summed E-state index contributed by atoms with van der Waals surface area (Å²) in [6.07, 6.45) is 1.12. The number of hydrogen-bond donors (Lipinski definition) is 1. The van der Waals surface area contributed by atoms with Gasteiger partial charge in [-0.15, -0.1) is 0 Å². The fraction of sp³-hybridized carbons (Fsp3) is 0.933. The number of nitrogens with one attached hydrogen (secondary N) is 1. The van der Waals surface area contributed by atoms with E-state index in [1.807, 2.05) is 20.8 Å². The molecule has 124 valence electrons. The van der Waals surface area contributed by atoms with Gasteiger partial charge in [0.15, 0.2) is 5.96 Å². The predicted octanol–water partition coefficient (Wildman–Crippen LogP) is 1.47. The molecule has 2 unspecified atom stereocenters. The summed E-state index contributed by atoms with van der Waals surface area (Å²) in [7, 11) is 1.21. The van der Waals surface area contributed by atoms with Crippen molar-refractivity contribution in [2.75, 3.05) is 45.6 Å². The second-order valence-corrected chi connectivity index (χ2v) is 8.83. The maximum atomic E-state index is 12.0. The van der Waals surface area contributed by atoms with Crippen LogP contribution in [-0.4, -0.2) is 65.5 Å². The molecule has 1 heterocycles. The van der Waals surface area contributed by atoms with Crippen LogP contribution in [0.2, 0.25) is 0 Å². The monoisotopic (exact) mass is 317 g/mol. The summed E-state index contributed by atoms with van der Waals surface area (Å²) in [4.78, 5) is 6.76. The molecule has 0 aliphatic carbocycles. The zero-order chi connectivity index (χ0) is 15.9. The van der Waals surface area contributed by atoms with Crippen LogP contribution >= 0.6 is 0 Å². The van der Waals surface area contributed by atoms with E-state index in [4.69, 9.17) is 4.74 Å². The van der Waals surface area contributed by atoms with Gasteiger partial charge in [0.1, 0.15) is 0 Å². The van der Waals surface area contributed by atoms with Gasteiger partial charge in [0, 0.05) is 54.0 Å². The van der Waals surface area contributed by atoms with Crippen LogP contribution in [0.4, 0.5) is 0 Å². The van der Waals surface area contributed by atoms with Crippen molar-refractivity contribution in [2.24, 2.45) is 10.9 Å². The minimum absolute atomic E-state index is 0.166. The lowest BCUT2D eigenvalue weighted by Crippen LogP contribution is -2.41. The first-order valence-electron chi connectivity index (χ1n) is 7.80. The Morgan fingerprint density at radius 2 is 2.19 bits per heavy atom. The number of hydrogen-bond acceptors (Lipinski definition) is 3. The van der Waals surface area contributed by atoms with E-state index in [1.165, 1.54) is 0 Å². The molecule has 1 saturated heterocycles. The van der Waals surface area contributed by atoms with Crippen molar-refractivity contribution < 1.29 is 8.95 Å². The Morgan fingerprint density at radius 1 is 1.48 bits per heavy atom. The Balaban J connectivity index is 2.50. The standard InChI is InChI=1S/C15H31N3O2S/c1-6-16-14(17-8-10-21(19)15(2,3)4)18(5)11-13-7-9-20-12-13/h13H,6-12H2,1-5H3,(H,16,17). The highest BCUT2D eigenvalue weighted by molar-refractivity contribution is 7.86.